The van der Waals surface area contributed by atoms with Crippen LogP contribution in [-0.4, -0.2) is 95.8 Å². The Morgan fingerprint density at radius 1 is 1.04 bits per heavy atom. The highest BCUT2D eigenvalue weighted by Crippen LogP contribution is 2.43. The summed E-state index contributed by atoms with van der Waals surface area (Å²) in [7, 11) is 1.57. The lowest BCUT2D eigenvalue weighted by Crippen LogP contribution is -2.56. The standard InChI is InChI=1S/C41H50FN5O5/c1-6-26-10-7-11-27-18-30(51-25-49-5)19-31(35(26)27)37-36(42)38-32(21-43-37)33(20-34(44-38)50-24-41-14-8-16-46(41)17-9-15-41)45-22-28-12-13-29(23-45)47(28)39(48)52-40(2,3)4/h7,10-11,18-21,28-29H,6,8-9,12-17,22-25H2,1-5H3. The highest BCUT2D eigenvalue weighted by Gasteiger charge is 2.46. The Kier molecular flexibility index (Phi) is 9.14. The molecule has 0 aliphatic carbocycles. The van der Waals surface area contributed by atoms with Crippen LogP contribution in [0.25, 0.3) is 32.9 Å². The van der Waals surface area contributed by atoms with E-state index < -0.39 is 11.4 Å². The second kappa shape index (κ2) is 13.6. The first-order valence-electron chi connectivity index (χ1n) is 18.9. The molecule has 10 nitrogen and oxygen atoms in total. The zero-order valence-corrected chi connectivity index (χ0v) is 31.0. The molecule has 4 aliphatic rings. The van der Waals surface area contributed by atoms with E-state index in [0.717, 1.165) is 80.1 Å². The van der Waals surface area contributed by atoms with Gasteiger partial charge in [0.2, 0.25) is 5.88 Å². The van der Waals surface area contributed by atoms with Gasteiger partial charge in [-0.1, -0.05) is 25.1 Å². The molecular formula is C41H50FN5O5. The number of carbonyl (C=O) groups is 1. The van der Waals surface area contributed by atoms with Gasteiger partial charge < -0.3 is 23.8 Å². The molecule has 6 heterocycles. The summed E-state index contributed by atoms with van der Waals surface area (Å²) in [5.74, 6) is 0.474. The van der Waals surface area contributed by atoms with E-state index >= 15 is 4.39 Å². The maximum absolute atomic E-state index is 17.3. The van der Waals surface area contributed by atoms with Crippen molar-refractivity contribution in [2.45, 2.75) is 95.9 Å². The first-order chi connectivity index (χ1) is 25.1. The fourth-order valence-electron chi connectivity index (χ4n) is 9.19. The van der Waals surface area contributed by atoms with Gasteiger partial charge >= 0.3 is 6.09 Å². The second-order valence-electron chi connectivity index (χ2n) is 15.9. The van der Waals surface area contributed by atoms with E-state index in [9.17, 15) is 4.79 Å². The van der Waals surface area contributed by atoms with Crippen LogP contribution in [0.3, 0.4) is 0 Å². The maximum Gasteiger partial charge on any atom is 0.410 e. The lowest BCUT2D eigenvalue weighted by atomic mass is 9.94. The molecular weight excluding hydrogens is 661 g/mol. The summed E-state index contributed by atoms with van der Waals surface area (Å²) >= 11 is 0. The number of methoxy groups -OCH3 is 1. The SMILES string of the molecule is CCc1cccc2cc(OCOC)cc(-c3ncc4c(N5CC6CCC(C5)N6C(=O)OC(C)(C)C)cc(OCC56CCCN5CCC6)nc4c3F)c12. The topological polar surface area (TPSA) is 89.5 Å². The monoisotopic (exact) mass is 711 g/mol. The van der Waals surface area contributed by atoms with Gasteiger partial charge in [-0.05, 0) is 107 Å². The number of pyridine rings is 2. The van der Waals surface area contributed by atoms with Gasteiger partial charge in [-0.2, -0.15) is 0 Å². The Bertz CT molecular complexity index is 1970. The Morgan fingerprint density at radius 2 is 1.79 bits per heavy atom. The van der Waals surface area contributed by atoms with Crippen LogP contribution in [-0.2, 0) is 15.9 Å². The normalized spacial score (nSPS) is 21.3. The molecule has 0 saturated carbocycles. The van der Waals surface area contributed by atoms with Crippen molar-refractivity contribution >= 4 is 33.5 Å². The lowest BCUT2D eigenvalue weighted by Gasteiger charge is -2.42. The van der Waals surface area contributed by atoms with Crippen LogP contribution >= 0.6 is 0 Å². The van der Waals surface area contributed by atoms with E-state index in [1.54, 1.807) is 13.3 Å². The number of aromatic nitrogens is 2. The molecule has 0 spiro atoms. The number of hydrogen-bond acceptors (Lipinski definition) is 9. The molecule has 2 unspecified atom stereocenters. The fraction of sp³-hybridized carbons (Fsp3) is 0.537. The number of nitrogens with zero attached hydrogens (tertiary/aromatic N) is 5. The number of fused-ring (bicyclic) bond motifs is 5. The number of rotatable bonds is 9. The van der Waals surface area contributed by atoms with Crippen LogP contribution in [0, 0.1) is 5.82 Å². The van der Waals surface area contributed by atoms with Gasteiger partial charge in [0, 0.05) is 43.4 Å². The molecule has 4 fully saturated rings. The maximum atomic E-state index is 17.3. The van der Waals surface area contributed by atoms with E-state index in [0.29, 0.717) is 42.3 Å². The highest BCUT2D eigenvalue weighted by atomic mass is 19.1. The van der Waals surface area contributed by atoms with Crippen molar-refractivity contribution < 1.29 is 28.1 Å². The zero-order chi connectivity index (χ0) is 36.2. The van der Waals surface area contributed by atoms with E-state index in [-0.39, 0.29) is 41.7 Å². The zero-order valence-electron chi connectivity index (χ0n) is 31.0. The summed E-state index contributed by atoms with van der Waals surface area (Å²) in [6.45, 7) is 11.8. The molecule has 4 saturated heterocycles. The number of anilines is 1. The van der Waals surface area contributed by atoms with Crippen LogP contribution < -0.4 is 14.4 Å². The molecule has 0 radical (unpaired) electrons. The van der Waals surface area contributed by atoms with Crippen molar-refractivity contribution in [1.82, 2.24) is 19.8 Å². The lowest BCUT2D eigenvalue weighted by molar-refractivity contribution is 0.0123. The third kappa shape index (κ3) is 6.29. The Morgan fingerprint density at radius 3 is 2.48 bits per heavy atom. The highest BCUT2D eigenvalue weighted by molar-refractivity contribution is 6.02. The van der Waals surface area contributed by atoms with Crippen molar-refractivity contribution in [1.29, 1.82) is 0 Å². The molecule has 4 aromatic rings. The van der Waals surface area contributed by atoms with Crippen LogP contribution in [0.2, 0.25) is 0 Å². The average Bonchev–Trinajstić information content (AvgIpc) is 3.79. The summed E-state index contributed by atoms with van der Waals surface area (Å²) in [5, 5.41) is 2.49. The second-order valence-corrected chi connectivity index (χ2v) is 15.9. The predicted octanol–water partition coefficient (Wildman–Crippen LogP) is 7.73. The largest absolute Gasteiger partial charge is 0.476 e. The van der Waals surface area contributed by atoms with E-state index in [1.165, 1.54) is 0 Å². The van der Waals surface area contributed by atoms with Crippen LogP contribution in [0.1, 0.15) is 71.8 Å². The molecule has 276 valence electrons. The minimum atomic E-state index is -0.575. The van der Waals surface area contributed by atoms with Gasteiger partial charge in [0.25, 0.3) is 0 Å². The van der Waals surface area contributed by atoms with Crippen LogP contribution in [0.5, 0.6) is 11.6 Å². The molecule has 2 atom stereocenters. The summed E-state index contributed by atoms with van der Waals surface area (Å²) in [5.41, 5.74) is 2.42. The number of ether oxygens (including phenoxy) is 4. The summed E-state index contributed by atoms with van der Waals surface area (Å²) in [6.07, 6.45) is 8.54. The number of benzene rings is 2. The number of piperazine rings is 1. The van der Waals surface area contributed by atoms with E-state index in [1.807, 2.05) is 56.0 Å². The van der Waals surface area contributed by atoms with Gasteiger partial charge in [0.15, 0.2) is 12.6 Å². The first kappa shape index (κ1) is 34.8. The number of carbonyl (C=O) groups excluding carboxylic acids is 1. The number of hydrogen-bond donors (Lipinski definition) is 0. The summed E-state index contributed by atoms with van der Waals surface area (Å²) in [6, 6.07) is 11.8. The van der Waals surface area contributed by atoms with Crippen molar-refractivity contribution in [2.24, 2.45) is 0 Å². The number of halogens is 1. The fourth-order valence-corrected chi connectivity index (χ4v) is 9.19. The third-order valence-electron chi connectivity index (χ3n) is 11.5. The molecule has 8 rings (SSSR count). The smallest absolute Gasteiger partial charge is 0.410 e. The van der Waals surface area contributed by atoms with Gasteiger partial charge in [-0.15, -0.1) is 0 Å². The van der Waals surface area contributed by atoms with Crippen molar-refractivity contribution in [3.05, 3.63) is 54.0 Å². The molecule has 2 aromatic carbocycles. The quantitative estimate of drug-likeness (QED) is 0.162. The minimum Gasteiger partial charge on any atom is -0.476 e. The summed E-state index contributed by atoms with van der Waals surface area (Å²) < 4.78 is 40.8. The molecule has 52 heavy (non-hydrogen) atoms. The number of amides is 1. The number of aryl methyl sites for hydroxylation is 1. The first-order valence-corrected chi connectivity index (χ1v) is 18.9. The van der Waals surface area contributed by atoms with Gasteiger partial charge in [0.1, 0.15) is 29.2 Å². The van der Waals surface area contributed by atoms with Crippen LogP contribution in [0.15, 0.2) is 42.6 Å². The molecule has 1 amide bonds. The van der Waals surface area contributed by atoms with Gasteiger partial charge in [-0.25, -0.2) is 14.2 Å². The third-order valence-corrected chi connectivity index (χ3v) is 11.5. The predicted molar refractivity (Wildman–Crippen MR) is 200 cm³/mol. The van der Waals surface area contributed by atoms with E-state index in [2.05, 4.69) is 22.8 Å². The van der Waals surface area contributed by atoms with Gasteiger partial charge in [0.05, 0.1) is 23.3 Å². The van der Waals surface area contributed by atoms with Crippen molar-refractivity contribution in [3.8, 4) is 22.9 Å². The molecule has 2 aromatic heterocycles. The molecule has 11 heteroatoms. The van der Waals surface area contributed by atoms with Crippen molar-refractivity contribution in [2.75, 3.05) is 51.6 Å². The Balaban J connectivity index is 1.22. The molecule has 4 aliphatic heterocycles. The molecule has 2 bridgehead atoms. The minimum absolute atomic E-state index is 0.00894. The Labute approximate surface area is 305 Å². The van der Waals surface area contributed by atoms with Gasteiger partial charge in [-0.3, -0.25) is 14.8 Å². The van der Waals surface area contributed by atoms with E-state index in [4.69, 9.17) is 28.9 Å². The van der Waals surface area contributed by atoms with Crippen LogP contribution in [0.4, 0.5) is 14.9 Å². The molecule has 0 N–H and O–H groups in total. The Hall–Kier alpha value is -4.22. The summed E-state index contributed by atoms with van der Waals surface area (Å²) in [4.78, 5) is 29.8. The average molecular weight is 712 g/mol. The van der Waals surface area contributed by atoms with Crippen molar-refractivity contribution in [3.63, 3.8) is 0 Å².